The molecular formula is C25H27FN4O3. The number of amides is 1. The van der Waals surface area contributed by atoms with Gasteiger partial charge in [0.1, 0.15) is 17.2 Å². The number of hydrogen-bond donors (Lipinski definition) is 1. The number of rotatable bonds is 6. The molecule has 1 aliphatic heterocycles. The van der Waals surface area contributed by atoms with Crippen LogP contribution in [-0.4, -0.2) is 63.2 Å². The number of Topliss-reactive ketones (excluding diaryl/α,β-unsaturated/α-hetero) is 1. The Kier molecular flexibility index (Phi) is 6.03. The molecule has 1 atom stereocenters. The van der Waals surface area contributed by atoms with Crippen molar-refractivity contribution in [2.45, 2.75) is 26.3 Å². The maximum absolute atomic E-state index is 13.6. The Hall–Kier alpha value is -3.52. The number of carbonyl (C=O) groups is 2. The van der Waals surface area contributed by atoms with Crippen molar-refractivity contribution in [2.24, 2.45) is 0 Å². The minimum absolute atomic E-state index is 0.0112. The summed E-state index contributed by atoms with van der Waals surface area (Å²) in [5.41, 5.74) is 3.03. The van der Waals surface area contributed by atoms with Crippen molar-refractivity contribution in [3.63, 3.8) is 0 Å². The number of imidazole rings is 1. The summed E-state index contributed by atoms with van der Waals surface area (Å²) in [6, 6.07) is 8.59. The molecular weight excluding hydrogens is 423 g/mol. The first kappa shape index (κ1) is 22.7. The number of nitrogens with zero attached hydrogens (tertiary/aromatic N) is 4. The number of benzene rings is 1. The fraction of sp³-hybridized carbons (Fsp3) is 0.320. The highest BCUT2D eigenvalue weighted by Crippen LogP contribution is 2.40. The first-order chi connectivity index (χ1) is 15.7. The van der Waals surface area contributed by atoms with Crippen LogP contribution >= 0.6 is 0 Å². The number of hydrogen-bond acceptors (Lipinski definition) is 5. The third kappa shape index (κ3) is 4.02. The van der Waals surface area contributed by atoms with Gasteiger partial charge in [0, 0.05) is 12.7 Å². The SMILES string of the molecule is Cc1nc2c(C)cccn2c1C(O)=C1C(=O)C(=O)N(CCCN(C)C)[C@H]1c1ccc(F)cc1. The predicted octanol–water partition coefficient (Wildman–Crippen LogP) is 3.46. The molecule has 1 aliphatic rings. The van der Waals surface area contributed by atoms with Gasteiger partial charge in [-0.2, -0.15) is 0 Å². The fourth-order valence-corrected chi connectivity index (χ4v) is 4.39. The molecule has 4 rings (SSSR count). The van der Waals surface area contributed by atoms with E-state index >= 15 is 0 Å². The van der Waals surface area contributed by atoms with Crippen molar-refractivity contribution in [1.29, 1.82) is 0 Å². The Morgan fingerprint density at radius 3 is 2.52 bits per heavy atom. The monoisotopic (exact) mass is 450 g/mol. The van der Waals surface area contributed by atoms with Gasteiger partial charge in [0.25, 0.3) is 11.7 Å². The van der Waals surface area contributed by atoms with Crippen molar-refractivity contribution < 1.29 is 19.1 Å². The second-order valence-electron chi connectivity index (χ2n) is 8.63. The molecule has 33 heavy (non-hydrogen) atoms. The second-order valence-corrected chi connectivity index (χ2v) is 8.63. The lowest BCUT2D eigenvalue weighted by Crippen LogP contribution is -2.32. The molecule has 0 aliphatic carbocycles. The van der Waals surface area contributed by atoms with E-state index in [0.29, 0.717) is 35.6 Å². The van der Waals surface area contributed by atoms with Gasteiger partial charge in [-0.3, -0.25) is 14.0 Å². The number of likely N-dealkylation sites (tertiary alicyclic amines) is 1. The number of halogens is 1. The van der Waals surface area contributed by atoms with Crippen LogP contribution < -0.4 is 0 Å². The average Bonchev–Trinajstić information content (AvgIpc) is 3.23. The topological polar surface area (TPSA) is 78.1 Å². The summed E-state index contributed by atoms with van der Waals surface area (Å²) in [6.45, 7) is 4.72. The molecule has 8 heteroatoms. The summed E-state index contributed by atoms with van der Waals surface area (Å²) < 4.78 is 15.4. The van der Waals surface area contributed by atoms with Crippen LogP contribution in [0.4, 0.5) is 4.39 Å². The number of aryl methyl sites for hydroxylation is 2. The molecule has 3 aromatic rings. The number of ketones is 1. The zero-order valence-corrected chi connectivity index (χ0v) is 19.2. The van der Waals surface area contributed by atoms with Crippen LogP contribution in [0, 0.1) is 19.7 Å². The molecule has 0 saturated carbocycles. The fourth-order valence-electron chi connectivity index (χ4n) is 4.39. The van der Waals surface area contributed by atoms with Gasteiger partial charge in [-0.05, 0) is 70.2 Å². The maximum atomic E-state index is 13.6. The molecule has 1 fully saturated rings. The zero-order chi connectivity index (χ0) is 23.9. The van der Waals surface area contributed by atoms with Gasteiger partial charge >= 0.3 is 0 Å². The average molecular weight is 451 g/mol. The number of aliphatic hydroxyl groups is 1. The van der Waals surface area contributed by atoms with E-state index in [2.05, 4.69) is 4.98 Å². The van der Waals surface area contributed by atoms with Gasteiger partial charge < -0.3 is 14.9 Å². The third-order valence-corrected chi connectivity index (χ3v) is 5.97. The van der Waals surface area contributed by atoms with Gasteiger partial charge in [0.2, 0.25) is 0 Å². The Labute approximate surface area is 191 Å². The van der Waals surface area contributed by atoms with Crippen LogP contribution in [0.25, 0.3) is 11.4 Å². The Morgan fingerprint density at radius 1 is 1.15 bits per heavy atom. The molecule has 172 valence electrons. The second kappa shape index (κ2) is 8.78. The smallest absolute Gasteiger partial charge is 0.295 e. The molecule has 0 bridgehead atoms. The van der Waals surface area contributed by atoms with Gasteiger partial charge in [0.05, 0.1) is 17.3 Å². The minimum atomic E-state index is -0.817. The summed E-state index contributed by atoms with van der Waals surface area (Å²) in [7, 11) is 3.86. The number of fused-ring (bicyclic) bond motifs is 1. The Morgan fingerprint density at radius 2 is 1.85 bits per heavy atom. The Balaban J connectivity index is 1.89. The van der Waals surface area contributed by atoms with Crippen LogP contribution in [0.3, 0.4) is 0 Å². The number of carbonyl (C=O) groups excluding carboxylic acids is 2. The van der Waals surface area contributed by atoms with Crippen molar-refractivity contribution in [2.75, 3.05) is 27.2 Å². The van der Waals surface area contributed by atoms with E-state index in [0.717, 1.165) is 12.1 Å². The van der Waals surface area contributed by atoms with Crippen molar-refractivity contribution >= 4 is 23.1 Å². The van der Waals surface area contributed by atoms with Crippen LogP contribution in [0.2, 0.25) is 0 Å². The van der Waals surface area contributed by atoms with Gasteiger partial charge in [-0.15, -0.1) is 0 Å². The van der Waals surface area contributed by atoms with Crippen LogP contribution in [0.15, 0.2) is 48.2 Å². The molecule has 7 nitrogen and oxygen atoms in total. The van der Waals surface area contributed by atoms with Crippen molar-refractivity contribution in [1.82, 2.24) is 19.2 Å². The molecule has 0 spiro atoms. The lowest BCUT2D eigenvalue weighted by Gasteiger charge is -2.26. The molecule has 1 saturated heterocycles. The normalized spacial score (nSPS) is 18.1. The molecule has 2 aromatic heterocycles. The molecule has 3 heterocycles. The zero-order valence-electron chi connectivity index (χ0n) is 19.2. The largest absolute Gasteiger partial charge is 0.505 e. The van der Waals surface area contributed by atoms with E-state index in [1.807, 2.05) is 38.1 Å². The van der Waals surface area contributed by atoms with Gasteiger partial charge in [-0.1, -0.05) is 18.2 Å². The van der Waals surface area contributed by atoms with Gasteiger partial charge in [0.15, 0.2) is 5.76 Å². The summed E-state index contributed by atoms with van der Waals surface area (Å²) >= 11 is 0. The highest BCUT2D eigenvalue weighted by atomic mass is 19.1. The third-order valence-electron chi connectivity index (χ3n) is 5.97. The van der Waals surface area contributed by atoms with E-state index in [-0.39, 0.29) is 11.3 Å². The van der Waals surface area contributed by atoms with Gasteiger partial charge in [-0.25, -0.2) is 9.37 Å². The lowest BCUT2D eigenvalue weighted by molar-refractivity contribution is -0.139. The van der Waals surface area contributed by atoms with E-state index in [9.17, 15) is 19.1 Å². The summed E-state index contributed by atoms with van der Waals surface area (Å²) in [4.78, 5) is 34.2. The number of pyridine rings is 1. The van der Waals surface area contributed by atoms with Crippen molar-refractivity contribution in [3.8, 4) is 0 Å². The first-order valence-electron chi connectivity index (χ1n) is 10.8. The van der Waals surface area contributed by atoms with E-state index in [4.69, 9.17) is 0 Å². The van der Waals surface area contributed by atoms with E-state index < -0.39 is 23.5 Å². The molecule has 1 aromatic carbocycles. The van der Waals surface area contributed by atoms with Crippen molar-refractivity contribution in [3.05, 3.63) is 76.5 Å². The Bertz CT molecular complexity index is 1260. The molecule has 1 amide bonds. The maximum Gasteiger partial charge on any atom is 0.295 e. The standard InChI is InChI=1S/C25H27FN4O3/c1-15-7-5-13-29-20(16(2)27-24(15)29)22(31)19-21(17-8-10-18(26)11-9-17)30(25(33)23(19)32)14-6-12-28(3)4/h5,7-11,13,21,31H,6,12,14H2,1-4H3/t21-/m0/s1. The predicted molar refractivity (Wildman–Crippen MR) is 123 cm³/mol. The highest BCUT2D eigenvalue weighted by Gasteiger charge is 2.46. The van der Waals surface area contributed by atoms with E-state index in [1.165, 1.54) is 17.0 Å². The summed E-state index contributed by atoms with van der Waals surface area (Å²) in [6.07, 6.45) is 2.41. The quantitative estimate of drug-likeness (QED) is 0.354. The van der Waals surface area contributed by atoms with Crippen LogP contribution in [0.1, 0.15) is 35.0 Å². The minimum Gasteiger partial charge on any atom is -0.505 e. The summed E-state index contributed by atoms with van der Waals surface area (Å²) in [5, 5.41) is 11.4. The first-order valence-corrected chi connectivity index (χ1v) is 10.8. The lowest BCUT2D eigenvalue weighted by atomic mass is 9.96. The molecule has 1 N–H and O–H groups in total. The van der Waals surface area contributed by atoms with Crippen LogP contribution in [0.5, 0.6) is 0 Å². The number of aromatic nitrogens is 2. The molecule has 0 unspecified atom stereocenters. The molecule has 0 radical (unpaired) electrons. The summed E-state index contributed by atoms with van der Waals surface area (Å²) in [5.74, 6) is -2.13. The highest BCUT2D eigenvalue weighted by molar-refractivity contribution is 6.46. The van der Waals surface area contributed by atoms with E-state index in [1.54, 1.807) is 29.7 Å². The van der Waals surface area contributed by atoms with Crippen LogP contribution in [-0.2, 0) is 9.59 Å². The number of aliphatic hydroxyl groups excluding tert-OH is 1.